The molecule has 0 amide bonds. The fourth-order valence-electron chi connectivity index (χ4n) is 8.07. The van der Waals surface area contributed by atoms with E-state index in [0.717, 1.165) is 32.1 Å². The first kappa shape index (κ1) is 49.7. The van der Waals surface area contributed by atoms with Crippen molar-refractivity contribution in [3.05, 3.63) is 10.4 Å². The molecule has 4 N–H and O–H groups in total. The van der Waals surface area contributed by atoms with Crippen LogP contribution in [0.15, 0.2) is 4.79 Å². The van der Waals surface area contributed by atoms with Crippen molar-refractivity contribution in [3.63, 3.8) is 0 Å². The van der Waals surface area contributed by atoms with Gasteiger partial charge in [0.2, 0.25) is 5.95 Å². The number of nitrogens with zero attached hydrogens (tertiary/aromatic N) is 2. The van der Waals surface area contributed by atoms with Gasteiger partial charge in [0.1, 0.15) is 11.5 Å². The molecule has 9 heteroatoms. The monoisotopic (exact) mass is 786 g/mol. The zero-order chi connectivity index (χ0) is 40.3. The Morgan fingerprint density at radius 2 is 0.964 bits per heavy atom. The molecule has 0 aliphatic carbocycles. The number of unbranched alkanes of at least 4 members (excludes halogenated alkanes) is 30. The van der Waals surface area contributed by atoms with Crippen molar-refractivity contribution in [1.82, 2.24) is 9.97 Å². The van der Waals surface area contributed by atoms with Crippen LogP contribution in [-0.4, -0.2) is 41.0 Å². The Kier molecular flexibility index (Phi) is 30.7. The summed E-state index contributed by atoms with van der Waals surface area (Å²) in [7, 11) is 0. The minimum absolute atomic E-state index is 0.00568. The molecule has 56 heavy (non-hydrogen) atoms. The summed E-state index contributed by atoms with van der Waals surface area (Å²) in [6, 6.07) is 0. The molecule has 1 aliphatic heterocycles. The predicted octanol–water partition coefficient (Wildman–Crippen LogP) is 13.1. The van der Waals surface area contributed by atoms with Crippen LogP contribution in [0.1, 0.15) is 245 Å². The second-order valence-corrected chi connectivity index (χ2v) is 16.9. The van der Waals surface area contributed by atoms with Crippen LogP contribution < -0.4 is 21.5 Å². The standard InChI is InChI=1S/C47H87N5O4/c1-3-5-7-9-11-13-15-17-19-21-23-25-27-29-31-33-36-41(53)37-35-39-56-46(52-40-49-43-44(52)50-47(48)51-45(43)55)42(54)38-34-32-30-28-26-24-22-20-18-16-14-12-10-8-6-4-2/h46,49H,3-40H2,1-2H3,(H3,48,50,51,55). The van der Waals surface area contributed by atoms with Crippen molar-refractivity contribution in [3.8, 4) is 0 Å². The number of ketones is 2. The number of ether oxygens (including phenoxy) is 1. The van der Waals surface area contributed by atoms with Crippen LogP contribution in [-0.2, 0) is 14.3 Å². The lowest BCUT2D eigenvalue weighted by Gasteiger charge is -2.27. The minimum Gasteiger partial charge on any atom is -0.369 e. The van der Waals surface area contributed by atoms with Gasteiger partial charge in [-0.3, -0.25) is 19.4 Å². The maximum absolute atomic E-state index is 13.6. The molecular formula is C47H87N5O4. The van der Waals surface area contributed by atoms with Crippen LogP contribution in [0.2, 0.25) is 0 Å². The third kappa shape index (κ3) is 24.4. The van der Waals surface area contributed by atoms with Crippen LogP contribution in [0.4, 0.5) is 17.5 Å². The van der Waals surface area contributed by atoms with Gasteiger partial charge in [-0.15, -0.1) is 0 Å². The number of nitrogens with two attached hydrogens (primary N) is 1. The summed E-state index contributed by atoms with van der Waals surface area (Å²) in [6.45, 7) is 5.09. The molecule has 1 unspecified atom stereocenters. The van der Waals surface area contributed by atoms with Crippen LogP contribution in [0.5, 0.6) is 0 Å². The molecule has 1 atom stereocenters. The van der Waals surface area contributed by atoms with Crippen LogP contribution in [0.3, 0.4) is 0 Å². The van der Waals surface area contributed by atoms with Crippen molar-refractivity contribution in [2.75, 3.05) is 29.2 Å². The average Bonchev–Trinajstić information content (AvgIpc) is 3.61. The molecular weight excluding hydrogens is 699 g/mol. The largest absolute Gasteiger partial charge is 0.369 e. The minimum atomic E-state index is -0.871. The number of H-pyrrole nitrogens is 1. The Balaban J connectivity index is 1.57. The highest BCUT2D eigenvalue weighted by Gasteiger charge is 2.34. The van der Waals surface area contributed by atoms with Crippen LogP contribution in [0, 0.1) is 0 Å². The summed E-state index contributed by atoms with van der Waals surface area (Å²) in [5.74, 6) is 0.594. The van der Waals surface area contributed by atoms with Gasteiger partial charge in [0, 0.05) is 19.3 Å². The summed E-state index contributed by atoms with van der Waals surface area (Å²) in [5.41, 5.74) is 5.80. The third-order valence-corrected chi connectivity index (χ3v) is 11.6. The first-order valence-corrected chi connectivity index (χ1v) is 24.0. The quantitative estimate of drug-likeness (QED) is 0.0559. The predicted molar refractivity (Wildman–Crippen MR) is 238 cm³/mol. The number of carbonyl (C=O) groups is 2. The van der Waals surface area contributed by atoms with E-state index in [0.29, 0.717) is 43.8 Å². The number of rotatable bonds is 41. The first-order valence-electron chi connectivity index (χ1n) is 24.0. The van der Waals surface area contributed by atoms with Crippen molar-refractivity contribution in [2.45, 2.75) is 251 Å². The van der Waals surface area contributed by atoms with Gasteiger partial charge in [0.15, 0.2) is 17.8 Å². The van der Waals surface area contributed by atoms with Crippen LogP contribution in [0.25, 0.3) is 0 Å². The Hall–Kier alpha value is -2.42. The number of anilines is 3. The average molecular weight is 786 g/mol. The molecule has 2 heterocycles. The van der Waals surface area contributed by atoms with Gasteiger partial charge < -0.3 is 20.7 Å². The number of hydrogen-bond donors (Lipinski definition) is 3. The Morgan fingerprint density at radius 1 is 0.589 bits per heavy atom. The lowest BCUT2D eigenvalue weighted by atomic mass is 10.0. The van der Waals surface area contributed by atoms with Gasteiger partial charge in [0.05, 0.1) is 13.3 Å². The maximum atomic E-state index is 13.6. The SMILES string of the molecule is CCCCCCCCCCCCCCCCCCC(=O)CCCOC(C(=O)CCCCCCCCCCCCCCCCCC)N1CNc2c1nc(N)[nH]c2=O. The lowest BCUT2D eigenvalue weighted by Crippen LogP contribution is -2.44. The Labute approximate surface area is 343 Å². The first-order chi connectivity index (χ1) is 27.5. The zero-order valence-electron chi connectivity index (χ0n) is 36.6. The Morgan fingerprint density at radius 3 is 1.39 bits per heavy atom. The molecule has 324 valence electrons. The van der Waals surface area contributed by atoms with Gasteiger partial charge in [-0.1, -0.05) is 206 Å². The molecule has 0 saturated heterocycles. The maximum Gasteiger partial charge on any atom is 0.277 e. The topological polar surface area (TPSA) is 130 Å². The second-order valence-electron chi connectivity index (χ2n) is 16.9. The number of aromatic nitrogens is 2. The molecule has 1 aromatic rings. The molecule has 1 aromatic heterocycles. The van der Waals surface area contributed by atoms with Crippen molar-refractivity contribution < 1.29 is 14.3 Å². The lowest BCUT2D eigenvalue weighted by molar-refractivity contribution is -0.130. The number of nitrogen functional groups attached to an aromatic ring is 1. The number of fused-ring (bicyclic) bond motifs is 1. The van der Waals surface area contributed by atoms with Gasteiger partial charge in [-0.2, -0.15) is 4.98 Å². The van der Waals surface area contributed by atoms with Crippen molar-refractivity contribution >= 4 is 29.0 Å². The zero-order valence-corrected chi connectivity index (χ0v) is 36.6. The summed E-state index contributed by atoms with van der Waals surface area (Å²) in [5, 5.41) is 3.05. The normalized spacial score (nSPS) is 12.9. The molecule has 9 nitrogen and oxygen atoms in total. The molecule has 0 bridgehead atoms. The fraction of sp³-hybridized carbons (Fsp3) is 0.872. The van der Waals surface area contributed by atoms with E-state index in [4.69, 9.17) is 10.5 Å². The van der Waals surface area contributed by atoms with E-state index in [1.54, 1.807) is 4.90 Å². The van der Waals surface area contributed by atoms with Crippen molar-refractivity contribution in [1.29, 1.82) is 0 Å². The van der Waals surface area contributed by atoms with E-state index in [9.17, 15) is 14.4 Å². The van der Waals surface area contributed by atoms with E-state index in [1.165, 1.54) is 173 Å². The van der Waals surface area contributed by atoms with E-state index >= 15 is 0 Å². The highest BCUT2D eigenvalue weighted by Crippen LogP contribution is 2.29. The highest BCUT2D eigenvalue weighted by atomic mass is 16.5. The molecule has 2 rings (SSSR count). The highest BCUT2D eigenvalue weighted by molar-refractivity contribution is 5.88. The smallest absolute Gasteiger partial charge is 0.277 e. The molecule has 0 saturated carbocycles. The van der Waals surface area contributed by atoms with E-state index < -0.39 is 6.23 Å². The fourth-order valence-corrected chi connectivity index (χ4v) is 8.07. The summed E-state index contributed by atoms with van der Waals surface area (Å²) in [6.07, 6.45) is 42.9. The number of Topliss-reactive ketones (excluding diaryl/α,β-unsaturated/α-hetero) is 2. The molecule has 0 fully saturated rings. The van der Waals surface area contributed by atoms with E-state index in [2.05, 4.69) is 29.1 Å². The van der Waals surface area contributed by atoms with Gasteiger partial charge in [-0.25, -0.2) is 0 Å². The summed E-state index contributed by atoms with van der Waals surface area (Å²) >= 11 is 0. The number of hydrogen-bond acceptors (Lipinski definition) is 8. The van der Waals surface area contributed by atoms with Crippen molar-refractivity contribution in [2.24, 2.45) is 0 Å². The molecule has 0 aromatic carbocycles. The third-order valence-electron chi connectivity index (χ3n) is 11.6. The number of nitrogens with one attached hydrogen (secondary N) is 2. The summed E-state index contributed by atoms with van der Waals surface area (Å²) < 4.78 is 6.18. The number of carbonyl (C=O) groups excluding carboxylic acids is 2. The van der Waals surface area contributed by atoms with E-state index in [1.807, 2.05) is 0 Å². The number of aromatic amines is 1. The molecule has 0 spiro atoms. The molecule has 1 aliphatic rings. The Bertz CT molecular complexity index is 1170. The van der Waals surface area contributed by atoms with Gasteiger partial charge in [0.25, 0.3) is 5.56 Å². The van der Waals surface area contributed by atoms with Crippen LogP contribution >= 0.6 is 0 Å². The van der Waals surface area contributed by atoms with E-state index in [-0.39, 0.29) is 29.7 Å². The second kappa shape index (κ2) is 34.6. The van der Waals surface area contributed by atoms with Gasteiger partial charge in [-0.05, 0) is 19.3 Å². The molecule has 0 radical (unpaired) electrons. The van der Waals surface area contributed by atoms with Gasteiger partial charge >= 0.3 is 0 Å². The summed E-state index contributed by atoms with van der Waals surface area (Å²) in [4.78, 5) is 47.2.